The van der Waals surface area contributed by atoms with E-state index in [1.165, 1.54) is 392 Å². The molecule has 0 fully saturated rings. The number of carbonyl (C=O) groups excluding carboxylic acids is 2. The molecule has 6 heteroatoms. The summed E-state index contributed by atoms with van der Waals surface area (Å²) in [6, 6.07) is -0.539. The Hall–Kier alpha value is -1.40. The summed E-state index contributed by atoms with van der Waals surface area (Å²) < 4.78 is 5.52. The fourth-order valence-electron chi connectivity index (χ4n) is 13.0. The van der Waals surface area contributed by atoms with Crippen LogP contribution in [0.4, 0.5) is 0 Å². The molecule has 0 aromatic heterocycles. The molecule has 2 atom stereocenters. The lowest BCUT2D eigenvalue weighted by Gasteiger charge is -2.22. The van der Waals surface area contributed by atoms with Crippen molar-refractivity contribution >= 4 is 11.9 Å². The van der Waals surface area contributed by atoms with Gasteiger partial charge in [-0.1, -0.05) is 411 Å². The molecule has 0 aliphatic rings. The third-order valence-electron chi connectivity index (χ3n) is 19.1. The van der Waals surface area contributed by atoms with E-state index in [0.29, 0.717) is 25.9 Å². The molecule has 0 aromatic carbocycles. The van der Waals surface area contributed by atoms with Crippen LogP contribution in [0.15, 0.2) is 12.2 Å². The number of hydrogen-bond donors (Lipinski definition) is 3. The topological polar surface area (TPSA) is 95.9 Å². The average molecular weight is 1210 g/mol. The molecule has 0 aliphatic heterocycles. The fraction of sp³-hybridized carbons (Fsp3) is 0.950. The van der Waals surface area contributed by atoms with Gasteiger partial charge in [0.25, 0.3) is 0 Å². The quantitative estimate of drug-likeness (QED) is 0.0320. The summed E-state index contributed by atoms with van der Waals surface area (Å²) in [6.45, 7) is 5.01. The maximum atomic E-state index is 12.5. The number of aliphatic hydroxyl groups excluding tert-OH is 2. The molecule has 512 valence electrons. The SMILES string of the molecule is CCCCCCCCCCCCCCCCCCCCCC(=O)OCCCCCCCCCCCCCC/C=C\CCCCCCCCCCCCCCCCCCCC(=O)NC(CO)C(O)CCCCCCCCCCCCCCCCCCC. The number of aliphatic hydroxyl groups is 2. The maximum absolute atomic E-state index is 12.5. The Bertz CT molecular complexity index is 1300. The van der Waals surface area contributed by atoms with Gasteiger partial charge in [0.1, 0.15) is 0 Å². The van der Waals surface area contributed by atoms with Gasteiger partial charge in [-0.25, -0.2) is 0 Å². The first-order valence-corrected chi connectivity index (χ1v) is 39.9. The Balaban J connectivity index is 3.32. The molecule has 0 aliphatic carbocycles. The Morgan fingerprint density at radius 3 is 0.826 bits per heavy atom. The van der Waals surface area contributed by atoms with Gasteiger partial charge < -0.3 is 20.3 Å². The van der Waals surface area contributed by atoms with E-state index in [1.54, 1.807) is 0 Å². The second kappa shape index (κ2) is 76.1. The zero-order valence-electron chi connectivity index (χ0n) is 58.8. The van der Waals surface area contributed by atoms with E-state index in [1.807, 2.05) is 0 Å². The smallest absolute Gasteiger partial charge is 0.305 e. The predicted octanol–water partition coefficient (Wildman–Crippen LogP) is 26.3. The number of nitrogens with one attached hydrogen (secondary N) is 1. The highest BCUT2D eigenvalue weighted by Gasteiger charge is 2.20. The highest BCUT2D eigenvalue weighted by molar-refractivity contribution is 5.76. The first-order valence-electron chi connectivity index (χ1n) is 39.9. The first-order chi connectivity index (χ1) is 42.5. The van der Waals surface area contributed by atoms with Crippen molar-refractivity contribution in [3.63, 3.8) is 0 Å². The van der Waals surface area contributed by atoms with E-state index in [2.05, 4.69) is 31.3 Å². The summed E-state index contributed by atoms with van der Waals surface area (Å²) in [5.74, 6) is -0.00242. The minimum Gasteiger partial charge on any atom is -0.466 e. The summed E-state index contributed by atoms with van der Waals surface area (Å²) in [4.78, 5) is 24.7. The predicted molar refractivity (Wildman–Crippen MR) is 380 cm³/mol. The Morgan fingerprint density at radius 2 is 0.547 bits per heavy atom. The largest absolute Gasteiger partial charge is 0.466 e. The Kier molecular flexibility index (Phi) is 74.8. The molecule has 0 spiro atoms. The van der Waals surface area contributed by atoms with Crippen LogP contribution in [0.5, 0.6) is 0 Å². The van der Waals surface area contributed by atoms with Crippen molar-refractivity contribution in [2.45, 2.75) is 475 Å². The van der Waals surface area contributed by atoms with Gasteiger partial charge in [0.2, 0.25) is 5.91 Å². The molecule has 0 rings (SSSR count). The minimum absolute atomic E-state index is 0.0248. The van der Waals surface area contributed by atoms with Crippen LogP contribution < -0.4 is 5.32 Å². The van der Waals surface area contributed by atoms with Crippen LogP contribution in [-0.4, -0.2) is 47.4 Å². The molecule has 1 amide bonds. The molecule has 2 unspecified atom stereocenters. The zero-order valence-corrected chi connectivity index (χ0v) is 58.8. The second-order valence-corrected chi connectivity index (χ2v) is 27.8. The van der Waals surface area contributed by atoms with Crippen molar-refractivity contribution in [1.82, 2.24) is 5.32 Å². The molecular weight excluding hydrogens is 1050 g/mol. The van der Waals surface area contributed by atoms with Gasteiger partial charge >= 0.3 is 5.97 Å². The summed E-state index contributed by atoms with van der Waals surface area (Å²) in [7, 11) is 0. The minimum atomic E-state index is -0.662. The number of hydrogen-bond acceptors (Lipinski definition) is 5. The number of unbranched alkanes of at least 4 members (excludes halogenated alkanes) is 63. The third-order valence-corrected chi connectivity index (χ3v) is 19.1. The number of carbonyl (C=O) groups is 2. The van der Waals surface area contributed by atoms with E-state index < -0.39 is 12.1 Å². The molecule has 0 bridgehead atoms. The fourth-order valence-corrected chi connectivity index (χ4v) is 13.0. The van der Waals surface area contributed by atoms with E-state index in [0.717, 1.165) is 38.5 Å². The lowest BCUT2D eigenvalue weighted by molar-refractivity contribution is -0.143. The summed E-state index contributed by atoms with van der Waals surface area (Å²) in [5.41, 5.74) is 0. The van der Waals surface area contributed by atoms with Crippen LogP contribution in [0.1, 0.15) is 463 Å². The number of rotatable bonds is 76. The first kappa shape index (κ1) is 84.6. The number of amides is 1. The highest BCUT2D eigenvalue weighted by Crippen LogP contribution is 2.20. The Morgan fingerprint density at radius 1 is 0.314 bits per heavy atom. The molecule has 86 heavy (non-hydrogen) atoms. The summed E-state index contributed by atoms with van der Waals surface area (Å²) in [6.07, 6.45) is 95.9. The second-order valence-electron chi connectivity index (χ2n) is 27.8. The molecule has 6 nitrogen and oxygen atoms in total. The highest BCUT2D eigenvalue weighted by atomic mass is 16.5. The van der Waals surface area contributed by atoms with Crippen molar-refractivity contribution in [1.29, 1.82) is 0 Å². The molecule has 0 saturated heterocycles. The van der Waals surface area contributed by atoms with E-state index >= 15 is 0 Å². The third kappa shape index (κ3) is 71.7. The van der Waals surface area contributed by atoms with Gasteiger partial charge in [0, 0.05) is 12.8 Å². The number of allylic oxidation sites excluding steroid dienone is 2. The van der Waals surface area contributed by atoms with Crippen molar-refractivity contribution < 1.29 is 24.5 Å². The van der Waals surface area contributed by atoms with E-state index in [-0.39, 0.29) is 18.5 Å². The van der Waals surface area contributed by atoms with Crippen molar-refractivity contribution in [2.24, 2.45) is 0 Å². The van der Waals surface area contributed by atoms with Crippen LogP contribution in [0.3, 0.4) is 0 Å². The van der Waals surface area contributed by atoms with Crippen LogP contribution in [0.2, 0.25) is 0 Å². The van der Waals surface area contributed by atoms with Gasteiger partial charge in [0.15, 0.2) is 0 Å². The van der Waals surface area contributed by atoms with Gasteiger partial charge in [-0.2, -0.15) is 0 Å². The van der Waals surface area contributed by atoms with E-state index in [4.69, 9.17) is 4.74 Å². The molecular formula is C80H157NO5. The van der Waals surface area contributed by atoms with Crippen LogP contribution in [0, 0.1) is 0 Å². The average Bonchev–Trinajstić information content (AvgIpc) is 3.59. The van der Waals surface area contributed by atoms with Gasteiger partial charge in [-0.15, -0.1) is 0 Å². The van der Waals surface area contributed by atoms with Crippen molar-refractivity contribution in [3.8, 4) is 0 Å². The number of ether oxygens (including phenoxy) is 1. The lowest BCUT2D eigenvalue weighted by Crippen LogP contribution is -2.45. The van der Waals surface area contributed by atoms with Crippen molar-refractivity contribution in [3.05, 3.63) is 12.2 Å². The number of esters is 1. The zero-order chi connectivity index (χ0) is 62.0. The Labute approximate surface area is 539 Å². The van der Waals surface area contributed by atoms with Crippen LogP contribution in [-0.2, 0) is 14.3 Å². The normalized spacial score (nSPS) is 12.5. The monoisotopic (exact) mass is 1210 g/mol. The molecule has 3 N–H and O–H groups in total. The molecule has 0 radical (unpaired) electrons. The van der Waals surface area contributed by atoms with Crippen molar-refractivity contribution in [2.75, 3.05) is 13.2 Å². The molecule has 0 saturated carbocycles. The standard InChI is InChI=1S/C80H157NO5/c1-3-5-7-9-11-13-15-17-19-21-37-42-46-50-54-58-62-66-70-74-80(85)86-75-71-67-63-59-55-51-47-43-39-36-34-32-30-28-26-24-22-23-25-27-29-31-33-35-38-41-45-49-53-57-61-65-69-73-79(84)81-77(76-82)78(83)72-68-64-60-56-52-48-44-40-20-18-16-14-12-10-8-6-4-2/h26,28,77-78,82-83H,3-25,27,29-76H2,1-2H3,(H,81,84)/b28-26-. The van der Waals surface area contributed by atoms with Gasteiger partial charge in [-0.3, -0.25) is 9.59 Å². The molecule has 0 aromatic rings. The van der Waals surface area contributed by atoms with Crippen LogP contribution >= 0.6 is 0 Å². The van der Waals surface area contributed by atoms with E-state index in [9.17, 15) is 19.8 Å². The summed E-state index contributed by atoms with van der Waals surface area (Å²) in [5, 5.41) is 23.4. The van der Waals surface area contributed by atoms with Gasteiger partial charge in [-0.05, 0) is 51.4 Å². The maximum Gasteiger partial charge on any atom is 0.305 e. The summed E-state index contributed by atoms with van der Waals surface area (Å²) >= 11 is 0. The molecule has 0 heterocycles. The van der Waals surface area contributed by atoms with Gasteiger partial charge in [0.05, 0.1) is 25.4 Å². The van der Waals surface area contributed by atoms with Crippen LogP contribution in [0.25, 0.3) is 0 Å². The lowest BCUT2D eigenvalue weighted by atomic mass is 10.0.